The Morgan fingerprint density at radius 2 is 2.00 bits per heavy atom. The Morgan fingerprint density at radius 1 is 1.30 bits per heavy atom. The van der Waals surface area contributed by atoms with Gasteiger partial charge in [-0.25, -0.2) is 8.42 Å². The lowest BCUT2D eigenvalue weighted by atomic mass is 9.93. The molecule has 7 heteroatoms. The van der Waals surface area contributed by atoms with E-state index in [4.69, 9.17) is 10.9 Å². The fraction of sp³-hybridized carbons (Fsp3) is 0.923. The molecule has 2 aliphatic rings. The molecule has 0 bridgehead atoms. The van der Waals surface area contributed by atoms with Gasteiger partial charge >= 0.3 is 0 Å². The van der Waals surface area contributed by atoms with Crippen LogP contribution in [0.25, 0.3) is 0 Å². The van der Waals surface area contributed by atoms with Gasteiger partial charge < -0.3 is 10.9 Å². The number of rotatable bonds is 6. The van der Waals surface area contributed by atoms with Crippen LogP contribution in [0.1, 0.15) is 44.9 Å². The van der Waals surface area contributed by atoms with Crippen LogP contribution >= 0.6 is 0 Å². The molecule has 2 atom stereocenters. The quantitative estimate of drug-likeness (QED) is 0.329. The van der Waals surface area contributed by atoms with Crippen LogP contribution in [0.2, 0.25) is 0 Å². The average molecular weight is 303 g/mol. The summed E-state index contributed by atoms with van der Waals surface area (Å²) in [4.78, 5) is 2.38. The summed E-state index contributed by atoms with van der Waals surface area (Å²) in [7, 11) is -2.95. The minimum atomic E-state index is -2.95. The van der Waals surface area contributed by atoms with E-state index in [-0.39, 0.29) is 11.1 Å². The second-order valence-corrected chi connectivity index (χ2v) is 8.41. The van der Waals surface area contributed by atoms with Gasteiger partial charge in [-0.3, -0.25) is 4.90 Å². The van der Waals surface area contributed by atoms with E-state index in [9.17, 15) is 8.42 Å². The van der Waals surface area contributed by atoms with E-state index in [1.54, 1.807) is 0 Å². The molecule has 116 valence electrons. The Bertz CT molecular complexity index is 459. The van der Waals surface area contributed by atoms with Crippen molar-refractivity contribution in [2.24, 2.45) is 10.9 Å². The summed E-state index contributed by atoms with van der Waals surface area (Å²) in [5, 5.41) is 11.4. The fourth-order valence-corrected chi connectivity index (χ4v) is 4.34. The number of oxime groups is 1. The third-order valence-electron chi connectivity index (χ3n) is 4.44. The van der Waals surface area contributed by atoms with Crippen molar-refractivity contribution < 1.29 is 13.6 Å². The summed E-state index contributed by atoms with van der Waals surface area (Å²) in [6, 6.07) is 0.882. The molecule has 0 spiro atoms. The van der Waals surface area contributed by atoms with Crippen molar-refractivity contribution in [3.8, 4) is 0 Å². The van der Waals surface area contributed by atoms with Crippen molar-refractivity contribution in [3.63, 3.8) is 0 Å². The SMILES string of the molecule is CS(=O)(=O)C1CCCC(N(CCC(N)=NO)C2CC2)C1. The fourth-order valence-electron chi connectivity index (χ4n) is 3.17. The first-order valence-corrected chi connectivity index (χ1v) is 9.28. The van der Waals surface area contributed by atoms with Gasteiger partial charge in [-0.1, -0.05) is 11.6 Å². The lowest BCUT2D eigenvalue weighted by Crippen LogP contribution is -2.44. The van der Waals surface area contributed by atoms with Crippen molar-refractivity contribution in [1.82, 2.24) is 4.90 Å². The average Bonchev–Trinajstić information content (AvgIpc) is 3.22. The number of hydrogen-bond acceptors (Lipinski definition) is 5. The van der Waals surface area contributed by atoms with Gasteiger partial charge in [-0.2, -0.15) is 0 Å². The molecule has 0 heterocycles. The Morgan fingerprint density at radius 3 is 2.55 bits per heavy atom. The van der Waals surface area contributed by atoms with Crippen LogP contribution in [0.15, 0.2) is 5.16 Å². The van der Waals surface area contributed by atoms with Crippen molar-refractivity contribution in [3.05, 3.63) is 0 Å². The third-order valence-corrected chi connectivity index (χ3v) is 6.08. The summed E-state index contributed by atoms with van der Waals surface area (Å²) in [6.07, 6.45) is 7.77. The van der Waals surface area contributed by atoms with Crippen molar-refractivity contribution >= 4 is 15.7 Å². The summed E-state index contributed by atoms with van der Waals surface area (Å²) in [5.74, 6) is 0.242. The van der Waals surface area contributed by atoms with Gasteiger partial charge in [-0.05, 0) is 32.1 Å². The highest BCUT2D eigenvalue weighted by Crippen LogP contribution is 2.35. The van der Waals surface area contributed by atoms with Crippen LogP contribution in [0.3, 0.4) is 0 Å². The lowest BCUT2D eigenvalue weighted by Gasteiger charge is -2.37. The molecule has 0 radical (unpaired) electrons. The molecule has 2 aliphatic carbocycles. The molecule has 2 saturated carbocycles. The van der Waals surface area contributed by atoms with Crippen molar-refractivity contribution in [1.29, 1.82) is 0 Å². The number of nitrogens with zero attached hydrogens (tertiary/aromatic N) is 2. The zero-order chi connectivity index (χ0) is 14.8. The largest absolute Gasteiger partial charge is 0.409 e. The molecular weight excluding hydrogens is 278 g/mol. The maximum atomic E-state index is 11.8. The van der Waals surface area contributed by atoms with E-state index >= 15 is 0 Å². The summed E-state index contributed by atoms with van der Waals surface area (Å²) < 4.78 is 23.5. The van der Waals surface area contributed by atoms with E-state index in [2.05, 4.69) is 10.1 Å². The molecule has 2 rings (SSSR count). The van der Waals surface area contributed by atoms with Crippen molar-refractivity contribution in [2.45, 2.75) is 62.3 Å². The highest BCUT2D eigenvalue weighted by molar-refractivity contribution is 7.91. The molecule has 20 heavy (non-hydrogen) atoms. The highest BCUT2D eigenvalue weighted by atomic mass is 32.2. The van der Waals surface area contributed by atoms with E-state index in [1.807, 2.05) is 0 Å². The molecule has 2 unspecified atom stereocenters. The second kappa shape index (κ2) is 6.30. The van der Waals surface area contributed by atoms with E-state index in [0.29, 0.717) is 18.5 Å². The van der Waals surface area contributed by atoms with Gasteiger partial charge in [0.2, 0.25) is 0 Å². The minimum absolute atomic E-state index is 0.202. The first-order chi connectivity index (χ1) is 9.41. The predicted octanol–water partition coefficient (Wildman–Crippen LogP) is 0.943. The molecule has 0 aliphatic heterocycles. The van der Waals surface area contributed by atoms with Gasteiger partial charge in [0, 0.05) is 31.3 Å². The second-order valence-electron chi connectivity index (χ2n) is 6.08. The van der Waals surface area contributed by atoms with Gasteiger partial charge in [-0.15, -0.1) is 0 Å². The molecule has 3 N–H and O–H groups in total. The molecule has 2 fully saturated rings. The first kappa shape index (κ1) is 15.6. The Balaban J connectivity index is 1.98. The standard InChI is InChI=1S/C13H25N3O3S/c1-20(18,19)12-4-2-3-11(9-12)16(10-5-6-10)8-7-13(14)15-17/h10-12,17H,2-9H2,1H3,(H2,14,15). The Hall–Kier alpha value is -0.820. The van der Waals surface area contributed by atoms with Crippen LogP contribution in [0.4, 0.5) is 0 Å². The zero-order valence-electron chi connectivity index (χ0n) is 12.0. The van der Waals surface area contributed by atoms with Crippen LogP contribution in [0, 0.1) is 0 Å². The monoisotopic (exact) mass is 303 g/mol. The Labute approximate surface area is 120 Å². The lowest BCUT2D eigenvalue weighted by molar-refractivity contribution is 0.151. The van der Waals surface area contributed by atoms with Gasteiger partial charge in [0.25, 0.3) is 0 Å². The highest BCUT2D eigenvalue weighted by Gasteiger charge is 2.38. The number of hydrogen-bond donors (Lipinski definition) is 2. The summed E-state index contributed by atoms with van der Waals surface area (Å²) >= 11 is 0. The number of amidine groups is 1. The molecule has 0 aromatic carbocycles. The predicted molar refractivity (Wildman–Crippen MR) is 78.6 cm³/mol. The van der Waals surface area contributed by atoms with Crippen LogP contribution in [-0.2, 0) is 9.84 Å². The van der Waals surface area contributed by atoms with Gasteiger partial charge in [0.1, 0.15) is 15.7 Å². The molecule has 0 aromatic heterocycles. The molecule has 0 saturated heterocycles. The smallest absolute Gasteiger partial charge is 0.150 e. The number of nitrogens with two attached hydrogens (primary N) is 1. The van der Waals surface area contributed by atoms with Crippen LogP contribution in [-0.4, -0.2) is 54.5 Å². The normalized spacial score (nSPS) is 28.8. The van der Waals surface area contributed by atoms with E-state index in [0.717, 1.165) is 32.2 Å². The topological polar surface area (TPSA) is 96.0 Å². The van der Waals surface area contributed by atoms with Crippen molar-refractivity contribution in [2.75, 3.05) is 12.8 Å². The third kappa shape index (κ3) is 4.09. The Kier molecular flexibility index (Phi) is 4.90. The van der Waals surface area contributed by atoms with Gasteiger partial charge in [0.05, 0.1) is 5.25 Å². The minimum Gasteiger partial charge on any atom is -0.409 e. The van der Waals surface area contributed by atoms with Gasteiger partial charge in [0.15, 0.2) is 0 Å². The zero-order valence-corrected chi connectivity index (χ0v) is 12.8. The molecule has 6 nitrogen and oxygen atoms in total. The maximum absolute atomic E-state index is 11.8. The van der Waals surface area contributed by atoms with E-state index in [1.165, 1.54) is 19.1 Å². The molecule has 0 amide bonds. The molecular formula is C13H25N3O3S. The van der Waals surface area contributed by atoms with E-state index < -0.39 is 9.84 Å². The van der Waals surface area contributed by atoms with Crippen LogP contribution in [0.5, 0.6) is 0 Å². The van der Waals surface area contributed by atoms with Crippen LogP contribution < -0.4 is 5.73 Å². The number of sulfone groups is 1. The first-order valence-electron chi connectivity index (χ1n) is 7.33. The summed E-state index contributed by atoms with van der Waals surface area (Å²) in [6.45, 7) is 0.752. The molecule has 0 aromatic rings. The maximum Gasteiger partial charge on any atom is 0.150 e. The summed E-state index contributed by atoms with van der Waals surface area (Å²) in [5.41, 5.74) is 5.55.